The maximum absolute atomic E-state index is 13.2. The molecule has 0 radical (unpaired) electrons. The fraction of sp³-hybridized carbons (Fsp3) is 0.652. The van der Waals surface area contributed by atoms with E-state index in [1.54, 1.807) is 10.9 Å². The molecule has 2 aromatic heterocycles. The highest BCUT2D eigenvalue weighted by Crippen LogP contribution is 2.19. The second-order valence-electron chi connectivity index (χ2n) is 8.35. The lowest BCUT2D eigenvalue weighted by Crippen LogP contribution is -2.44. The van der Waals surface area contributed by atoms with Gasteiger partial charge in [-0.2, -0.15) is 0 Å². The highest BCUT2D eigenvalue weighted by molar-refractivity contribution is 5.76. The Morgan fingerprint density at radius 2 is 1.87 bits per heavy atom. The lowest BCUT2D eigenvalue weighted by atomic mass is 9.97. The average molecular weight is 430 g/mol. The van der Waals surface area contributed by atoms with Crippen molar-refractivity contribution in [1.29, 1.82) is 0 Å². The van der Waals surface area contributed by atoms with Gasteiger partial charge in [0.2, 0.25) is 5.91 Å². The van der Waals surface area contributed by atoms with E-state index >= 15 is 0 Å². The van der Waals surface area contributed by atoms with Gasteiger partial charge in [0.25, 0.3) is 5.56 Å². The molecule has 0 fully saturated rings. The van der Waals surface area contributed by atoms with Crippen molar-refractivity contribution in [3.05, 3.63) is 38.8 Å². The van der Waals surface area contributed by atoms with Crippen molar-refractivity contribution in [2.45, 2.75) is 91.3 Å². The van der Waals surface area contributed by atoms with Crippen molar-refractivity contribution >= 4 is 17.1 Å². The lowest BCUT2D eigenvalue weighted by molar-refractivity contribution is -0.121. The molecule has 0 aliphatic heterocycles. The molecule has 0 aromatic carbocycles. The van der Waals surface area contributed by atoms with E-state index in [-0.39, 0.29) is 12.5 Å². The van der Waals surface area contributed by atoms with Crippen molar-refractivity contribution in [2.75, 3.05) is 6.54 Å². The lowest BCUT2D eigenvalue weighted by Gasteiger charge is -2.14. The zero-order valence-corrected chi connectivity index (χ0v) is 18.9. The van der Waals surface area contributed by atoms with Crippen LogP contribution in [0.3, 0.4) is 0 Å². The number of hydrogen-bond donors (Lipinski definition) is 1. The Kier molecular flexibility index (Phi) is 8.26. The van der Waals surface area contributed by atoms with Crippen molar-refractivity contribution in [2.24, 2.45) is 0 Å². The van der Waals surface area contributed by atoms with E-state index in [0.717, 1.165) is 49.5 Å². The van der Waals surface area contributed by atoms with E-state index in [9.17, 15) is 14.4 Å². The second kappa shape index (κ2) is 11.1. The first-order valence-corrected chi connectivity index (χ1v) is 11.7. The van der Waals surface area contributed by atoms with E-state index in [1.165, 1.54) is 18.4 Å². The van der Waals surface area contributed by atoms with Crippen LogP contribution in [-0.4, -0.2) is 31.1 Å². The third-order valence-corrected chi connectivity index (χ3v) is 5.93. The number of rotatable bonds is 11. The molecule has 8 heteroatoms. The summed E-state index contributed by atoms with van der Waals surface area (Å²) in [4.78, 5) is 43.2. The number of nitrogens with one attached hydrogen (secondary N) is 1. The van der Waals surface area contributed by atoms with Crippen molar-refractivity contribution in [3.63, 3.8) is 0 Å². The summed E-state index contributed by atoms with van der Waals surface area (Å²) in [6, 6.07) is 0. The minimum absolute atomic E-state index is 0.266. The van der Waals surface area contributed by atoms with Gasteiger partial charge in [-0.15, -0.1) is 0 Å². The maximum atomic E-state index is 13.2. The summed E-state index contributed by atoms with van der Waals surface area (Å²) in [5.74, 6) is -0.309. The largest absolute Gasteiger partial charge is 0.354 e. The molecule has 0 saturated carbocycles. The highest BCUT2D eigenvalue weighted by Gasteiger charge is 2.19. The van der Waals surface area contributed by atoms with Crippen LogP contribution in [0.5, 0.6) is 0 Å². The molecule has 1 amide bonds. The molecule has 2 aromatic rings. The summed E-state index contributed by atoms with van der Waals surface area (Å²) in [5, 5.41) is 2.88. The number of fused-ring (bicyclic) bond motifs is 1. The van der Waals surface area contributed by atoms with Gasteiger partial charge in [-0.25, -0.2) is 14.3 Å². The van der Waals surface area contributed by atoms with Crippen LogP contribution in [0.15, 0.2) is 27.6 Å². The quantitative estimate of drug-likeness (QED) is 0.556. The van der Waals surface area contributed by atoms with Crippen LogP contribution in [0.1, 0.15) is 71.6 Å². The van der Waals surface area contributed by atoms with Crippen LogP contribution in [-0.2, 0) is 24.4 Å². The van der Waals surface area contributed by atoms with Gasteiger partial charge in [-0.3, -0.25) is 14.2 Å². The number of nitrogens with zero attached hydrogens (tertiary/aromatic N) is 4. The molecular weight excluding hydrogens is 394 g/mol. The summed E-state index contributed by atoms with van der Waals surface area (Å²) in [6.45, 7) is 5.54. The number of aryl methyl sites for hydroxylation is 2. The van der Waals surface area contributed by atoms with Crippen LogP contribution >= 0.6 is 0 Å². The molecule has 0 unspecified atom stereocenters. The first-order valence-electron chi connectivity index (χ1n) is 11.7. The van der Waals surface area contributed by atoms with Crippen LogP contribution in [0.2, 0.25) is 0 Å². The van der Waals surface area contributed by atoms with Crippen LogP contribution < -0.4 is 16.6 Å². The number of unbranched alkanes of at least 4 members (excludes halogenated alkanes) is 2. The first-order chi connectivity index (χ1) is 15.1. The van der Waals surface area contributed by atoms with Crippen molar-refractivity contribution in [3.8, 4) is 0 Å². The molecule has 2 heterocycles. The average Bonchev–Trinajstić information content (AvgIpc) is 3.20. The number of carbonyl (C=O) groups excluding carboxylic acids is 1. The first kappa shape index (κ1) is 23.0. The van der Waals surface area contributed by atoms with Crippen LogP contribution in [0.4, 0.5) is 0 Å². The zero-order valence-electron chi connectivity index (χ0n) is 18.9. The van der Waals surface area contributed by atoms with Gasteiger partial charge < -0.3 is 9.88 Å². The van der Waals surface area contributed by atoms with Gasteiger partial charge in [0, 0.05) is 19.6 Å². The normalized spacial score (nSPS) is 14.1. The highest BCUT2D eigenvalue weighted by atomic mass is 16.2. The predicted octanol–water partition coefficient (Wildman–Crippen LogP) is 2.97. The molecular formula is C23H35N5O3. The Morgan fingerprint density at radius 3 is 2.58 bits per heavy atom. The molecule has 0 saturated heterocycles. The minimum Gasteiger partial charge on any atom is -0.354 e. The Labute approximate surface area is 183 Å². The van der Waals surface area contributed by atoms with E-state index in [4.69, 9.17) is 0 Å². The van der Waals surface area contributed by atoms with Crippen LogP contribution in [0, 0.1) is 0 Å². The second-order valence-corrected chi connectivity index (χ2v) is 8.35. The Balaban J connectivity index is 1.83. The maximum Gasteiger partial charge on any atom is 0.333 e. The van der Waals surface area contributed by atoms with E-state index < -0.39 is 11.2 Å². The van der Waals surface area contributed by atoms with E-state index in [0.29, 0.717) is 30.8 Å². The molecule has 8 nitrogen and oxygen atoms in total. The summed E-state index contributed by atoms with van der Waals surface area (Å²) in [5.41, 5.74) is 1.31. The minimum atomic E-state index is -0.461. The van der Waals surface area contributed by atoms with Crippen molar-refractivity contribution < 1.29 is 4.79 Å². The summed E-state index contributed by atoms with van der Waals surface area (Å²) in [7, 11) is 0. The molecule has 31 heavy (non-hydrogen) atoms. The van der Waals surface area contributed by atoms with Crippen LogP contribution in [0.25, 0.3) is 11.2 Å². The topological polar surface area (TPSA) is 90.9 Å². The number of hydrogen-bond acceptors (Lipinski definition) is 4. The third-order valence-electron chi connectivity index (χ3n) is 5.93. The molecule has 1 aliphatic rings. The number of carbonyl (C=O) groups is 1. The summed E-state index contributed by atoms with van der Waals surface area (Å²) < 4.78 is 4.42. The standard InChI is InChI=1S/C23H35N5O3/c1-3-5-14-26-17-25-21-20(26)22(30)28(23(31)27(21)15-6-4-2)16-19(29)24-13-12-18-10-8-7-9-11-18/h10,17H,3-9,11-16H2,1-2H3,(H,24,29). The number of allylic oxidation sites excluding steroid dienone is 1. The molecule has 0 spiro atoms. The van der Waals surface area contributed by atoms with Crippen molar-refractivity contribution in [1.82, 2.24) is 24.0 Å². The fourth-order valence-corrected chi connectivity index (χ4v) is 4.09. The van der Waals surface area contributed by atoms with Gasteiger partial charge in [-0.05, 0) is 44.9 Å². The number of amides is 1. The van der Waals surface area contributed by atoms with Gasteiger partial charge in [0.15, 0.2) is 11.2 Å². The SMILES string of the molecule is CCCCn1cnc2c1c(=O)n(CC(=O)NCCC1=CCCCC1)c(=O)n2CCCC. The molecule has 1 N–H and O–H groups in total. The molecule has 0 bridgehead atoms. The Hall–Kier alpha value is -2.64. The van der Waals surface area contributed by atoms with Gasteiger partial charge in [0.05, 0.1) is 6.33 Å². The predicted molar refractivity (Wildman–Crippen MR) is 122 cm³/mol. The molecule has 170 valence electrons. The van der Waals surface area contributed by atoms with Gasteiger partial charge in [-0.1, -0.05) is 38.3 Å². The fourth-order valence-electron chi connectivity index (χ4n) is 4.09. The summed E-state index contributed by atoms with van der Waals surface area (Å²) >= 11 is 0. The summed E-state index contributed by atoms with van der Waals surface area (Å²) in [6.07, 6.45) is 13.0. The molecule has 1 aliphatic carbocycles. The Bertz CT molecular complexity index is 1040. The molecule has 3 rings (SSSR count). The monoisotopic (exact) mass is 429 g/mol. The van der Waals surface area contributed by atoms with E-state index in [1.807, 2.05) is 11.5 Å². The number of aromatic nitrogens is 4. The Morgan fingerprint density at radius 1 is 1.10 bits per heavy atom. The van der Waals surface area contributed by atoms with Gasteiger partial charge in [0.1, 0.15) is 6.54 Å². The zero-order chi connectivity index (χ0) is 22.2. The van der Waals surface area contributed by atoms with E-state index in [2.05, 4.69) is 23.3 Å². The molecule has 0 atom stereocenters. The number of imidazole rings is 1. The van der Waals surface area contributed by atoms with Gasteiger partial charge >= 0.3 is 5.69 Å². The smallest absolute Gasteiger partial charge is 0.333 e. The third kappa shape index (κ3) is 5.54.